The maximum Gasteiger partial charge on any atom is 0.251 e. The van der Waals surface area contributed by atoms with Crippen molar-refractivity contribution in [3.63, 3.8) is 0 Å². The normalized spacial score (nSPS) is 12.9. The number of hydrogen-bond donors (Lipinski definition) is 2. The lowest BCUT2D eigenvalue weighted by molar-refractivity contribution is 0.0935. The van der Waals surface area contributed by atoms with E-state index in [9.17, 15) is 13.2 Å². The minimum atomic E-state index is -3.28. The molecule has 2 heterocycles. The molecular weight excluding hydrogens is 290 g/mol. The van der Waals surface area contributed by atoms with Crippen LogP contribution in [0, 0.1) is 0 Å². The van der Waals surface area contributed by atoms with Crippen LogP contribution in [0.25, 0.3) is 0 Å². The molecule has 112 valence electrons. The second-order valence-corrected chi connectivity index (χ2v) is 6.72. The Morgan fingerprint density at radius 1 is 1.38 bits per heavy atom. The van der Waals surface area contributed by atoms with Gasteiger partial charge in [-0.1, -0.05) is 6.92 Å². The number of carbonyl (C=O) groups is 1. The molecule has 0 saturated carbocycles. The Labute approximate surface area is 123 Å². The van der Waals surface area contributed by atoms with Crippen molar-refractivity contribution in [2.24, 2.45) is 0 Å². The van der Waals surface area contributed by atoms with E-state index in [1.807, 2.05) is 6.92 Å². The number of nitrogens with zero attached hydrogens (tertiary/aromatic N) is 1. The number of nitrogens with one attached hydrogen (secondary N) is 2. The lowest BCUT2D eigenvalue weighted by Crippen LogP contribution is -2.27. The van der Waals surface area contributed by atoms with Crippen molar-refractivity contribution in [2.45, 2.75) is 24.4 Å². The van der Waals surface area contributed by atoms with Crippen LogP contribution < -0.4 is 5.32 Å². The first-order valence-electron chi connectivity index (χ1n) is 6.51. The Hall–Kier alpha value is -2.15. The number of hydrogen-bond acceptors (Lipinski definition) is 4. The molecule has 2 N–H and O–H groups in total. The molecule has 2 aromatic heterocycles. The molecule has 2 aromatic rings. The Kier molecular flexibility index (Phi) is 4.42. The van der Waals surface area contributed by atoms with Gasteiger partial charge in [0.05, 0.1) is 6.04 Å². The Morgan fingerprint density at radius 3 is 2.57 bits per heavy atom. The number of rotatable bonds is 5. The number of pyridine rings is 1. The van der Waals surface area contributed by atoms with Crippen molar-refractivity contribution in [1.29, 1.82) is 0 Å². The maximum atomic E-state index is 12.1. The Bertz CT molecular complexity index is 723. The quantitative estimate of drug-likeness (QED) is 0.879. The number of aromatic nitrogens is 2. The maximum absolute atomic E-state index is 12.1. The van der Waals surface area contributed by atoms with Crippen molar-refractivity contribution in [2.75, 3.05) is 6.26 Å². The number of sulfone groups is 1. The third kappa shape index (κ3) is 3.69. The highest BCUT2D eigenvalue weighted by Crippen LogP contribution is 2.20. The summed E-state index contributed by atoms with van der Waals surface area (Å²) in [5, 5.41) is 3.03. The third-order valence-corrected chi connectivity index (χ3v) is 4.17. The van der Waals surface area contributed by atoms with Gasteiger partial charge in [0.15, 0.2) is 9.84 Å². The third-order valence-electron chi connectivity index (χ3n) is 3.14. The first-order chi connectivity index (χ1) is 9.91. The van der Waals surface area contributed by atoms with Gasteiger partial charge in [-0.05, 0) is 30.2 Å². The van der Waals surface area contributed by atoms with Crippen LogP contribution in [0.3, 0.4) is 0 Å². The molecule has 0 aromatic carbocycles. The number of carbonyl (C=O) groups excluding carboxylic acids is 1. The van der Waals surface area contributed by atoms with Crippen LogP contribution in [-0.4, -0.2) is 30.5 Å². The predicted octanol–water partition coefficient (Wildman–Crippen LogP) is 1.69. The molecule has 6 nitrogen and oxygen atoms in total. The van der Waals surface area contributed by atoms with E-state index in [1.165, 1.54) is 0 Å². The first-order valence-corrected chi connectivity index (χ1v) is 8.40. The molecule has 0 saturated heterocycles. The van der Waals surface area contributed by atoms with Crippen LogP contribution in [0.1, 0.15) is 35.3 Å². The largest absolute Gasteiger partial charge is 0.352 e. The summed E-state index contributed by atoms with van der Waals surface area (Å²) in [5.41, 5.74) is 1.25. The van der Waals surface area contributed by atoms with Gasteiger partial charge in [0.2, 0.25) is 0 Å². The molecule has 0 spiro atoms. The average Bonchev–Trinajstić information content (AvgIpc) is 2.95. The summed E-state index contributed by atoms with van der Waals surface area (Å²) in [6, 6.07) is 4.55. The van der Waals surface area contributed by atoms with Crippen molar-refractivity contribution in [3.05, 3.63) is 47.9 Å². The van der Waals surface area contributed by atoms with Crippen LogP contribution >= 0.6 is 0 Å². The summed E-state index contributed by atoms with van der Waals surface area (Å²) in [7, 11) is -3.28. The van der Waals surface area contributed by atoms with Gasteiger partial charge in [-0.3, -0.25) is 9.78 Å². The first kappa shape index (κ1) is 15.2. The molecule has 0 aliphatic carbocycles. The summed E-state index contributed by atoms with van der Waals surface area (Å²) >= 11 is 0. The molecule has 0 aliphatic heterocycles. The van der Waals surface area contributed by atoms with Crippen LogP contribution in [0.4, 0.5) is 0 Å². The zero-order valence-corrected chi connectivity index (χ0v) is 12.6. The van der Waals surface area contributed by atoms with E-state index in [0.717, 1.165) is 11.8 Å². The molecule has 0 unspecified atom stereocenters. The van der Waals surface area contributed by atoms with Crippen LogP contribution in [0.15, 0.2) is 41.8 Å². The van der Waals surface area contributed by atoms with E-state index in [0.29, 0.717) is 12.0 Å². The number of aromatic amines is 1. The number of H-pyrrole nitrogens is 1. The number of amides is 1. The molecule has 0 radical (unpaired) electrons. The zero-order valence-electron chi connectivity index (χ0n) is 11.8. The highest BCUT2D eigenvalue weighted by atomic mass is 32.2. The van der Waals surface area contributed by atoms with Crippen molar-refractivity contribution < 1.29 is 13.2 Å². The van der Waals surface area contributed by atoms with E-state index < -0.39 is 9.84 Å². The predicted molar refractivity (Wildman–Crippen MR) is 78.6 cm³/mol. The summed E-state index contributed by atoms with van der Waals surface area (Å²) in [4.78, 5) is 18.7. The molecule has 1 atom stereocenters. The molecule has 1 amide bonds. The lowest BCUT2D eigenvalue weighted by Gasteiger charge is -2.15. The molecule has 2 rings (SSSR count). The summed E-state index contributed by atoms with van der Waals surface area (Å²) < 4.78 is 23.0. The standard InChI is InChI=1S/C14H17N3O3S/c1-3-12(11-8-13(16-9-11)21(2,19)20)17-14(18)10-4-6-15-7-5-10/h4-9,12,16H,3H2,1-2H3,(H,17,18)/t12-/m0/s1. The van der Waals surface area contributed by atoms with Gasteiger partial charge in [-0.15, -0.1) is 0 Å². The molecule has 21 heavy (non-hydrogen) atoms. The fraction of sp³-hybridized carbons (Fsp3) is 0.286. The van der Waals surface area contributed by atoms with Crippen molar-refractivity contribution >= 4 is 15.7 Å². The van der Waals surface area contributed by atoms with Gasteiger partial charge in [0, 0.05) is 30.4 Å². The van der Waals surface area contributed by atoms with Crippen LogP contribution in [-0.2, 0) is 9.84 Å². The van der Waals surface area contributed by atoms with E-state index in [1.54, 1.807) is 36.8 Å². The van der Waals surface area contributed by atoms with E-state index in [4.69, 9.17) is 0 Å². The van der Waals surface area contributed by atoms with E-state index in [-0.39, 0.29) is 17.0 Å². The van der Waals surface area contributed by atoms with Crippen molar-refractivity contribution in [3.8, 4) is 0 Å². The van der Waals surface area contributed by atoms with Crippen LogP contribution in [0.2, 0.25) is 0 Å². The van der Waals surface area contributed by atoms with Crippen molar-refractivity contribution in [1.82, 2.24) is 15.3 Å². The fourth-order valence-corrected chi connectivity index (χ4v) is 2.59. The highest BCUT2D eigenvalue weighted by molar-refractivity contribution is 7.90. The molecule has 0 aliphatic rings. The average molecular weight is 307 g/mol. The lowest BCUT2D eigenvalue weighted by atomic mass is 10.1. The Morgan fingerprint density at radius 2 is 2.05 bits per heavy atom. The monoisotopic (exact) mass is 307 g/mol. The van der Waals surface area contributed by atoms with Crippen LogP contribution in [0.5, 0.6) is 0 Å². The molecule has 0 fully saturated rings. The zero-order chi connectivity index (χ0) is 15.5. The van der Waals surface area contributed by atoms with E-state index >= 15 is 0 Å². The minimum absolute atomic E-state index is 0.147. The van der Waals surface area contributed by atoms with Gasteiger partial charge < -0.3 is 10.3 Å². The smallest absolute Gasteiger partial charge is 0.251 e. The molecular formula is C14H17N3O3S. The topological polar surface area (TPSA) is 91.9 Å². The Balaban J connectivity index is 2.17. The second kappa shape index (κ2) is 6.09. The SMILES string of the molecule is CC[C@H](NC(=O)c1ccncc1)c1c[nH]c(S(C)(=O)=O)c1. The summed E-state index contributed by atoms with van der Waals surface area (Å²) in [6.07, 6.45) is 6.50. The second-order valence-electron chi connectivity index (χ2n) is 4.74. The van der Waals surface area contributed by atoms with Gasteiger partial charge in [0.25, 0.3) is 5.91 Å². The fourth-order valence-electron chi connectivity index (χ4n) is 1.97. The van der Waals surface area contributed by atoms with Gasteiger partial charge in [-0.25, -0.2) is 8.42 Å². The minimum Gasteiger partial charge on any atom is -0.352 e. The van der Waals surface area contributed by atoms with Gasteiger partial charge in [-0.2, -0.15) is 0 Å². The van der Waals surface area contributed by atoms with Gasteiger partial charge in [0.1, 0.15) is 5.03 Å². The summed E-state index contributed by atoms with van der Waals surface area (Å²) in [6.45, 7) is 1.92. The highest BCUT2D eigenvalue weighted by Gasteiger charge is 2.18. The molecule has 0 bridgehead atoms. The summed E-state index contributed by atoms with van der Waals surface area (Å²) in [5.74, 6) is -0.216. The van der Waals surface area contributed by atoms with Gasteiger partial charge >= 0.3 is 0 Å². The van der Waals surface area contributed by atoms with E-state index in [2.05, 4.69) is 15.3 Å². The molecule has 7 heteroatoms.